The van der Waals surface area contributed by atoms with E-state index in [-0.39, 0.29) is 42.2 Å². The normalized spacial score (nSPS) is 23.9. The summed E-state index contributed by atoms with van der Waals surface area (Å²) in [5.74, 6) is 0.169. The van der Waals surface area contributed by atoms with Gasteiger partial charge in [-0.1, -0.05) is 12.8 Å². The first-order valence-corrected chi connectivity index (χ1v) is 7.43. The highest BCUT2D eigenvalue weighted by Crippen LogP contribution is 2.32. The van der Waals surface area contributed by atoms with Crippen molar-refractivity contribution in [3.63, 3.8) is 0 Å². The average molecular weight is 348 g/mol. The zero-order chi connectivity index (χ0) is 14.6. The predicted molar refractivity (Wildman–Crippen MR) is 94.6 cm³/mol. The maximum Gasteiger partial charge on any atom is 0.227 e. The molecule has 4 nitrogen and oxygen atoms in total. The fourth-order valence-corrected chi connectivity index (χ4v) is 2.99. The van der Waals surface area contributed by atoms with Crippen LogP contribution >= 0.6 is 24.8 Å². The van der Waals surface area contributed by atoms with Crippen LogP contribution in [0, 0.1) is 5.92 Å². The lowest BCUT2D eigenvalue weighted by Crippen LogP contribution is -2.53. The summed E-state index contributed by atoms with van der Waals surface area (Å²) in [6.45, 7) is 2.75. The topological polar surface area (TPSA) is 59.2 Å². The molecule has 1 amide bonds. The Morgan fingerprint density at radius 1 is 1.36 bits per heavy atom. The van der Waals surface area contributed by atoms with Gasteiger partial charge in [-0.15, -0.1) is 24.8 Å². The first-order chi connectivity index (χ1) is 9.50. The van der Waals surface area contributed by atoms with E-state index in [1.54, 1.807) is 12.4 Å². The van der Waals surface area contributed by atoms with Crippen LogP contribution in [0.1, 0.15) is 38.2 Å². The molecule has 2 atom stereocenters. The van der Waals surface area contributed by atoms with E-state index in [9.17, 15) is 4.79 Å². The summed E-state index contributed by atoms with van der Waals surface area (Å²) in [6.07, 6.45) is 8.55. The number of hydrogen-bond donors (Lipinski definition) is 1. The van der Waals surface area contributed by atoms with Crippen LogP contribution in [-0.4, -0.2) is 34.9 Å². The van der Waals surface area contributed by atoms with Crippen molar-refractivity contribution in [2.45, 2.75) is 44.6 Å². The predicted octanol–water partition coefficient (Wildman–Crippen LogP) is 2.83. The van der Waals surface area contributed by atoms with Gasteiger partial charge in [0.25, 0.3) is 0 Å². The van der Waals surface area contributed by atoms with Crippen LogP contribution in [0.2, 0.25) is 0 Å². The average Bonchev–Trinajstić information content (AvgIpc) is 2.44. The largest absolute Gasteiger partial charge is 0.345 e. The van der Waals surface area contributed by atoms with Gasteiger partial charge in [-0.05, 0) is 43.9 Å². The highest BCUT2D eigenvalue weighted by molar-refractivity contribution is 5.85. The fraction of sp³-hybridized carbons (Fsp3) is 0.625. The standard InChI is InChI=1S/C16H25N3O.2ClH/c1-16(17)9-4-3-5-14(16)15(20)19(2)12-8-13-6-10-18-11-7-13;;/h6-7,10-11,14H,3-5,8-9,12,17H2,1-2H3;2*1H. The second-order valence-electron chi connectivity index (χ2n) is 6.17. The summed E-state index contributed by atoms with van der Waals surface area (Å²) in [5, 5.41) is 0. The number of carbonyl (C=O) groups is 1. The lowest BCUT2D eigenvalue weighted by molar-refractivity contribution is -0.137. The minimum Gasteiger partial charge on any atom is -0.345 e. The molecule has 6 heteroatoms. The number of nitrogens with two attached hydrogens (primary N) is 1. The van der Waals surface area contributed by atoms with Crippen molar-refractivity contribution in [3.05, 3.63) is 30.1 Å². The van der Waals surface area contributed by atoms with Gasteiger partial charge < -0.3 is 10.6 Å². The van der Waals surface area contributed by atoms with E-state index in [0.29, 0.717) is 0 Å². The molecule has 1 saturated carbocycles. The number of hydrogen-bond acceptors (Lipinski definition) is 3. The number of aromatic nitrogens is 1. The van der Waals surface area contributed by atoms with Gasteiger partial charge in [0.05, 0.1) is 5.92 Å². The van der Waals surface area contributed by atoms with Crippen molar-refractivity contribution in [2.24, 2.45) is 11.7 Å². The Bertz CT molecular complexity index is 454. The molecular weight excluding hydrogens is 321 g/mol. The van der Waals surface area contributed by atoms with Crippen molar-refractivity contribution in [1.29, 1.82) is 0 Å². The Balaban J connectivity index is 0.00000220. The molecule has 1 heterocycles. The number of pyridine rings is 1. The summed E-state index contributed by atoms with van der Waals surface area (Å²) in [4.78, 5) is 18.4. The van der Waals surface area contributed by atoms with Gasteiger partial charge in [-0.3, -0.25) is 9.78 Å². The lowest BCUT2D eigenvalue weighted by atomic mass is 9.74. The summed E-state index contributed by atoms with van der Waals surface area (Å²) in [7, 11) is 1.88. The van der Waals surface area contributed by atoms with Crippen molar-refractivity contribution in [3.8, 4) is 0 Å². The van der Waals surface area contributed by atoms with Gasteiger partial charge >= 0.3 is 0 Å². The highest BCUT2D eigenvalue weighted by Gasteiger charge is 2.38. The van der Waals surface area contributed by atoms with Crippen molar-refractivity contribution >= 4 is 30.7 Å². The molecule has 22 heavy (non-hydrogen) atoms. The van der Waals surface area contributed by atoms with Crippen LogP contribution in [-0.2, 0) is 11.2 Å². The Morgan fingerprint density at radius 2 is 2.00 bits per heavy atom. The summed E-state index contributed by atoms with van der Waals surface area (Å²) >= 11 is 0. The molecule has 1 aliphatic carbocycles. The number of halogens is 2. The zero-order valence-corrected chi connectivity index (χ0v) is 15.0. The molecule has 2 N–H and O–H groups in total. The van der Waals surface area contributed by atoms with Gasteiger partial charge in [0, 0.05) is 31.5 Å². The van der Waals surface area contributed by atoms with Crippen molar-refractivity contribution in [1.82, 2.24) is 9.88 Å². The van der Waals surface area contributed by atoms with Gasteiger partial charge in [0.2, 0.25) is 5.91 Å². The number of rotatable bonds is 4. The van der Waals surface area contributed by atoms with E-state index in [1.165, 1.54) is 5.56 Å². The van der Waals surface area contributed by atoms with Gasteiger partial charge in [-0.25, -0.2) is 0 Å². The number of amides is 1. The second-order valence-corrected chi connectivity index (χ2v) is 6.17. The van der Waals surface area contributed by atoms with E-state index in [2.05, 4.69) is 4.98 Å². The summed E-state index contributed by atoms with van der Waals surface area (Å²) < 4.78 is 0. The minimum atomic E-state index is -0.347. The molecule has 0 radical (unpaired) electrons. The van der Waals surface area contributed by atoms with Gasteiger partial charge in [0.1, 0.15) is 0 Å². The fourth-order valence-electron chi connectivity index (χ4n) is 2.99. The molecule has 1 aromatic rings. The quantitative estimate of drug-likeness (QED) is 0.910. The maximum atomic E-state index is 12.6. The Morgan fingerprint density at radius 3 is 2.59 bits per heavy atom. The molecule has 2 unspecified atom stereocenters. The molecule has 1 fully saturated rings. The van der Waals surface area contributed by atoms with E-state index in [4.69, 9.17) is 5.73 Å². The third-order valence-corrected chi connectivity index (χ3v) is 4.41. The lowest BCUT2D eigenvalue weighted by Gasteiger charge is -2.39. The van der Waals surface area contributed by atoms with E-state index in [0.717, 1.165) is 38.6 Å². The molecule has 126 valence electrons. The van der Waals surface area contributed by atoms with Crippen LogP contribution in [0.25, 0.3) is 0 Å². The Hall–Kier alpha value is -0.840. The smallest absolute Gasteiger partial charge is 0.227 e. The van der Waals surface area contributed by atoms with E-state index in [1.807, 2.05) is 31.0 Å². The van der Waals surface area contributed by atoms with Crippen LogP contribution in [0.3, 0.4) is 0 Å². The van der Waals surface area contributed by atoms with Crippen LogP contribution in [0.4, 0.5) is 0 Å². The van der Waals surface area contributed by atoms with Crippen LogP contribution in [0.5, 0.6) is 0 Å². The van der Waals surface area contributed by atoms with E-state index >= 15 is 0 Å². The van der Waals surface area contributed by atoms with Crippen LogP contribution < -0.4 is 5.73 Å². The van der Waals surface area contributed by atoms with Crippen LogP contribution in [0.15, 0.2) is 24.5 Å². The van der Waals surface area contributed by atoms with Gasteiger partial charge in [0.15, 0.2) is 0 Å². The summed E-state index contributed by atoms with van der Waals surface area (Å²) in [6, 6.07) is 3.98. The number of likely N-dealkylation sites (N-methyl/N-ethyl adjacent to an activating group) is 1. The first-order valence-electron chi connectivity index (χ1n) is 7.43. The Labute approximate surface area is 145 Å². The molecule has 1 aliphatic rings. The van der Waals surface area contributed by atoms with Crippen molar-refractivity contribution in [2.75, 3.05) is 13.6 Å². The highest BCUT2D eigenvalue weighted by atomic mass is 35.5. The molecule has 0 bridgehead atoms. The molecule has 1 aromatic heterocycles. The minimum absolute atomic E-state index is 0. The zero-order valence-electron chi connectivity index (χ0n) is 13.3. The van der Waals surface area contributed by atoms with Crippen molar-refractivity contribution < 1.29 is 4.79 Å². The number of carbonyl (C=O) groups excluding carboxylic acids is 1. The molecular formula is C16H27Cl2N3O. The third-order valence-electron chi connectivity index (χ3n) is 4.41. The second kappa shape index (κ2) is 9.33. The molecule has 0 aromatic carbocycles. The third kappa shape index (κ3) is 5.41. The molecule has 0 aliphatic heterocycles. The van der Waals surface area contributed by atoms with E-state index < -0.39 is 0 Å². The monoisotopic (exact) mass is 347 g/mol. The molecule has 0 spiro atoms. The molecule has 2 rings (SSSR count). The van der Waals surface area contributed by atoms with Gasteiger partial charge in [-0.2, -0.15) is 0 Å². The molecule has 0 saturated heterocycles. The summed E-state index contributed by atoms with van der Waals surface area (Å²) in [5.41, 5.74) is 7.17. The number of nitrogens with zero attached hydrogens (tertiary/aromatic N) is 2. The first kappa shape index (κ1) is 21.2. The Kier molecular flexibility index (Phi) is 8.98. The SMILES string of the molecule is CN(CCc1ccncc1)C(=O)C1CCCCC1(C)N.Cl.Cl. The maximum absolute atomic E-state index is 12.6.